The van der Waals surface area contributed by atoms with Gasteiger partial charge in [-0.3, -0.25) is 4.98 Å². The van der Waals surface area contributed by atoms with Crippen LogP contribution in [0.2, 0.25) is 0 Å². The highest BCUT2D eigenvalue weighted by molar-refractivity contribution is 7.15. The first-order valence-corrected chi connectivity index (χ1v) is 6.74. The van der Waals surface area contributed by atoms with E-state index in [1.54, 1.807) is 23.6 Å². The molecular weight excluding hydrogens is 244 g/mol. The van der Waals surface area contributed by atoms with Gasteiger partial charge in [0.1, 0.15) is 11.1 Å². The van der Waals surface area contributed by atoms with E-state index < -0.39 is 0 Å². The minimum Gasteiger partial charge on any atom is -0.316 e. The molecule has 3 heterocycles. The van der Waals surface area contributed by atoms with Gasteiger partial charge in [-0.2, -0.15) is 5.26 Å². The zero-order valence-electron chi connectivity index (χ0n) is 9.81. The summed E-state index contributed by atoms with van der Waals surface area (Å²) in [5.41, 5.74) is 2.65. The number of pyridine rings is 1. The Bertz CT molecular complexity index is 571. The molecule has 5 heteroatoms. The fourth-order valence-corrected chi connectivity index (χ4v) is 3.09. The molecule has 1 aliphatic heterocycles. The average molecular weight is 256 g/mol. The van der Waals surface area contributed by atoms with Gasteiger partial charge in [-0.25, -0.2) is 4.98 Å². The minimum atomic E-state index is 0.584. The number of nitrogens with one attached hydrogen (secondary N) is 1. The number of fused-ring (bicyclic) bond motifs is 1. The second-order valence-corrected chi connectivity index (χ2v) is 5.27. The summed E-state index contributed by atoms with van der Waals surface area (Å²) < 4.78 is 0. The Morgan fingerprint density at radius 2 is 2.17 bits per heavy atom. The van der Waals surface area contributed by atoms with E-state index >= 15 is 0 Å². The highest BCUT2D eigenvalue weighted by Crippen LogP contribution is 2.28. The Balaban J connectivity index is 1.94. The van der Waals surface area contributed by atoms with Gasteiger partial charge < -0.3 is 5.32 Å². The minimum absolute atomic E-state index is 0.584. The van der Waals surface area contributed by atoms with Gasteiger partial charge in [0, 0.05) is 30.6 Å². The van der Waals surface area contributed by atoms with Crippen LogP contribution in [0.4, 0.5) is 0 Å². The summed E-state index contributed by atoms with van der Waals surface area (Å²) in [6.45, 7) is 2.02. The van der Waals surface area contributed by atoms with Crippen molar-refractivity contribution in [2.24, 2.45) is 0 Å². The summed E-state index contributed by atoms with van der Waals surface area (Å²) in [5, 5.41) is 13.1. The summed E-state index contributed by atoms with van der Waals surface area (Å²) in [7, 11) is 0. The normalized spacial score (nSPS) is 14.6. The van der Waals surface area contributed by atoms with E-state index in [4.69, 9.17) is 5.26 Å². The molecule has 0 radical (unpaired) electrons. The number of nitrogens with zero attached hydrogens (tertiary/aromatic N) is 3. The van der Waals surface area contributed by atoms with Crippen molar-refractivity contribution in [3.05, 3.63) is 34.5 Å². The molecule has 1 aliphatic rings. The summed E-state index contributed by atoms with van der Waals surface area (Å²) in [6.07, 6.45) is 3.63. The lowest BCUT2D eigenvalue weighted by atomic mass is 10.2. The Labute approximate surface area is 109 Å². The van der Waals surface area contributed by atoms with Gasteiger partial charge in [0.15, 0.2) is 0 Å². The van der Waals surface area contributed by atoms with Gasteiger partial charge >= 0.3 is 0 Å². The van der Waals surface area contributed by atoms with Gasteiger partial charge in [0.25, 0.3) is 0 Å². The van der Waals surface area contributed by atoms with E-state index in [9.17, 15) is 0 Å². The summed E-state index contributed by atoms with van der Waals surface area (Å²) in [4.78, 5) is 10.3. The Morgan fingerprint density at radius 1 is 1.28 bits per heavy atom. The van der Waals surface area contributed by atoms with E-state index in [-0.39, 0.29) is 0 Å². The Hall–Kier alpha value is -1.77. The fraction of sp³-hybridized carbons (Fsp3) is 0.308. The number of thiazole rings is 1. The maximum atomic E-state index is 8.75. The molecule has 2 aromatic rings. The third-order valence-corrected chi connectivity index (χ3v) is 4.14. The van der Waals surface area contributed by atoms with E-state index in [0.29, 0.717) is 5.56 Å². The lowest BCUT2D eigenvalue weighted by Crippen LogP contribution is -2.16. The molecule has 2 aromatic heterocycles. The first-order valence-electron chi connectivity index (χ1n) is 5.92. The van der Waals surface area contributed by atoms with Crippen molar-refractivity contribution in [3.63, 3.8) is 0 Å². The van der Waals surface area contributed by atoms with Crippen LogP contribution < -0.4 is 5.32 Å². The third kappa shape index (κ3) is 2.13. The van der Waals surface area contributed by atoms with Crippen molar-refractivity contribution in [1.29, 1.82) is 5.26 Å². The first kappa shape index (κ1) is 11.3. The number of nitriles is 1. The van der Waals surface area contributed by atoms with Crippen molar-refractivity contribution in [3.8, 4) is 16.8 Å². The SMILES string of the molecule is N#Cc1ccc(-c2nc3c(s2)CCNCC3)nc1. The van der Waals surface area contributed by atoms with Crippen molar-refractivity contribution < 1.29 is 0 Å². The van der Waals surface area contributed by atoms with Crippen LogP contribution in [0.25, 0.3) is 10.7 Å². The van der Waals surface area contributed by atoms with Gasteiger partial charge in [0.2, 0.25) is 0 Å². The van der Waals surface area contributed by atoms with Crippen LogP contribution in [0.3, 0.4) is 0 Å². The standard InChI is InChI=1S/C13H12N4S/c14-7-9-1-2-11(16-8-9)13-17-10-3-5-15-6-4-12(10)18-13/h1-2,8,15H,3-6H2. The van der Waals surface area contributed by atoms with Crippen LogP contribution >= 0.6 is 11.3 Å². The molecule has 3 rings (SSSR count). The molecule has 90 valence electrons. The average Bonchev–Trinajstić information content (AvgIpc) is 2.70. The van der Waals surface area contributed by atoms with Gasteiger partial charge in [-0.15, -0.1) is 11.3 Å². The number of aromatic nitrogens is 2. The van der Waals surface area contributed by atoms with Crippen LogP contribution in [-0.2, 0) is 12.8 Å². The topological polar surface area (TPSA) is 61.6 Å². The van der Waals surface area contributed by atoms with E-state index in [1.165, 1.54) is 10.6 Å². The van der Waals surface area contributed by atoms with Crippen LogP contribution in [-0.4, -0.2) is 23.1 Å². The second kappa shape index (κ2) is 4.84. The van der Waals surface area contributed by atoms with Gasteiger partial charge in [0.05, 0.1) is 17.0 Å². The molecule has 0 unspecified atom stereocenters. The smallest absolute Gasteiger partial charge is 0.142 e. The van der Waals surface area contributed by atoms with Crippen LogP contribution in [0, 0.1) is 11.3 Å². The lowest BCUT2D eigenvalue weighted by molar-refractivity contribution is 0.709. The number of hydrogen-bond donors (Lipinski definition) is 1. The molecule has 0 saturated heterocycles. The lowest BCUT2D eigenvalue weighted by Gasteiger charge is -1.97. The number of rotatable bonds is 1. The maximum Gasteiger partial charge on any atom is 0.142 e. The molecule has 0 atom stereocenters. The third-order valence-electron chi connectivity index (χ3n) is 2.96. The van der Waals surface area contributed by atoms with Gasteiger partial charge in [-0.05, 0) is 18.6 Å². The van der Waals surface area contributed by atoms with E-state index in [2.05, 4.69) is 21.4 Å². The van der Waals surface area contributed by atoms with Crippen molar-refractivity contribution >= 4 is 11.3 Å². The molecular formula is C13H12N4S. The quantitative estimate of drug-likeness (QED) is 0.844. The maximum absolute atomic E-state index is 8.75. The Morgan fingerprint density at radius 3 is 2.94 bits per heavy atom. The van der Waals surface area contributed by atoms with Crippen molar-refractivity contribution in [2.45, 2.75) is 12.8 Å². The Kier molecular flexibility index (Phi) is 3.05. The monoisotopic (exact) mass is 256 g/mol. The zero-order valence-corrected chi connectivity index (χ0v) is 10.6. The number of hydrogen-bond acceptors (Lipinski definition) is 5. The van der Waals surface area contributed by atoms with E-state index in [0.717, 1.165) is 36.6 Å². The van der Waals surface area contributed by atoms with Gasteiger partial charge in [-0.1, -0.05) is 0 Å². The molecule has 0 spiro atoms. The zero-order chi connectivity index (χ0) is 12.4. The van der Waals surface area contributed by atoms with Crippen LogP contribution in [0.5, 0.6) is 0 Å². The summed E-state index contributed by atoms with van der Waals surface area (Å²) in [5.74, 6) is 0. The second-order valence-electron chi connectivity index (χ2n) is 4.18. The van der Waals surface area contributed by atoms with Crippen LogP contribution in [0.15, 0.2) is 18.3 Å². The van der Waals surface area contributed by atoms with Crippen molar-refractivity contribution in [2.75, 3.05) is 13.1 Å². The molecule has 0 aliphatic carbocycles. The van der Waals surface area contributed by atoms with Crippen LogP contribution in [0.1, 0.15) is 16.1 Å². The molecule has 0 fully saturated rings. The molecule has 0 aromatic carbocycles. The molecule has 1 N–H and O–H groups in total. The largest absolute Gasteiger partial charge is 0.316 e. The summed E-state index contributed by atoms with van der Waals surface area (Å²) >= 11 is 1.72. The van der Waals surface area contributed by atoms with Crippen molar-refractivity contribution in [1.82, 2.24) is 15.3 Å². The molecule has 4 nitrogen and oxygen atoms in total. The predicted molar refractivity (Wildman–Crippen MR) is 70.3 cm³/mol. The fourth-order valence-electron chi connectivity index (χ4n) is 2.00. The highest BCUT2D eigenvalue weighted by Gasteiger charge is 2.15. The molecule has 0 amide bonds. The highest BCUT2D eigenvalue weighted by atomic mass is 32.1. The summed E-state index contributed by atoms with van der Waals surface area (Å²) in [6, 6.07) is 5.73. The molecule has 18 heavy (non-hydrogen) atoms. The molecule has 0 bridgehead atoms. The van der Waals surface area contributed by atoms with E-state index in [1.807, 2.05) is 6.07 Å². The first-order chi connectivity index (χ1) is 8.86. The molecule has 0 saturated carbocycles. The predicted octanol–water partition coefficient (Wildman–Crippen LogP) is 1.76.